The van der Waals surface area contributed by atoms with E-state index in [4.69, 9.17) is 24.7 Å². The number of nitrogens with two attached hydrogens (primary N) is 1. The molecule has 0 saturated carbocycles. The Morgan fingerprint density at radius 3 is 2.81 bits per heavy atom. The summed E-state index contributed by atoms with van der Waals surface area (Å²) >= 11 is 0. The zero-order valence-electron chi connectivity index (χ0n) is 12.3. The van der Waals surface area contributed by atoms with Crippen molar-refractivity contribution >= 4 is 11.6 Å². The van der Waals surface area contributed by atoms with Crippen molar-refractivity contribution in [2.45, 2.75) is 6.10 Å². The van der Waals surface area contributed by atoms with Gasteiger partial charge in [-0.05, 0) is 12.1 Å². The second-order valence-corrected chi connectivity index (χ2v) is 4.49. The Kier molecular flexibility index (Phi) is 5.65. The highest BCUT2D eigenvalue weighted by molar-refractivity contribution is 5.92. The Bertz CT molecular complexity index is 487. The minimum Gasteiger partial charge on any atom is -0.493 e. The maximum Gasteiger partial charge on any atom is 0.193 e. The molecule has 2 rings (SSSR count). The average molecular weight is 295 g/mol. The van der Waals surface area contributed by atoms with Gasteiger partial charge < -0.3 is 30.0 Å². The lowest BCUT2D eigenvalue weighted by molar-refractivity contribution is -0.0832. The van der Waals surface area contributed by atoms with Crippen LogP contribution in [0.15, 0.2) is 23.2 Å². The molecular weight excluding hydrogens is 274 g/mol. The maximum absolute atomic E-state index is 5.86. The summed E-state index contributed by atoms with van der Waals surface area (Å²) < 4.78 is 21.2. The second kappa shape index (κ2) is 7.70. The standard InChI is InChI=1S/C14H21N3O4/c1-18-12-4-3-10(7-13(12)19-2)17-14(15)16-8-11-9-20-5-6-21-11/h3-4,7,11H,5-6,8-9H2,1-2H3,(H3,15,16,17). The van der Waals surface area contributed by atoms with Crippen molar-refractivity contribution in [1.29, 1.82) is 0 Å². The van der Waals surface area contributed by atoms with Crippen LogP contribution in [0.5, 0.6) is 11.5 Å². The fraction of sp³-hybridized carbons (Fsp3) is 0.500. The summed E-state index contributed by atoms with van der Waals surface area (Å²) in [6, 6.07) is 5.43. The van der Waals surface area contributed by atoms with Crippen LogP contribution >= 0.6 is 0 Å². The van der Waals surface area contributed by atoms with Crippen molar-refractivity contribution in [2.24, 2.45) is 10.7 Å². The second-order valence-electron chi connectivity index (χ2n) is 4.49. The molecule has 1 heterocycles. The molecule has 1 aromatic rings. The van der Waals surface area contributed by atoms with Gasteiger partial charge in [0.15, 0.2) is 17.5 Å². The number of anilines is 1. The van der Waals surface area contributed by atoms with Crippen molar-refractivity contribution in [3.05, 3.63) is 18.2 Å². The van der Waals surface area contributed by atoms with E-state index in [2.05, 4.69) is 10.3 Å². The van der Waals surface area contributed by atoms with Crippen molar-refractivity contribution in [3.63, 3.8) is 0 Å². The molecule has 0 bridgehead atoms. The van der Waals surface area contributed by atoms with E-state index in [0.29, 0.717) is 43.8 Å². The van der Waals surface area contributed by atoms with Crippen LogP contribution in [0.1, 0.15) is 0 Å². The minimum atomic E-state index is -0.0375. The van der Waals surface area contributed by atoms with Crippen LogP contribution in [-0.4, -0.2) is 52.6 Å². The third-order valence-electron chi connectivity index (χ3n) is 3.01. The Morgan fingerprint density at radius 2 is 2.14 bits per heavy atom. The Morgan fingerprint density at radius 1 is 1.33 bits per heavy atom. The molecule has 3 N–H and O–H groups in total. The van der Waals surface area contributed by atoms with Crippen LogP contribution in [-0.2, 0) is 9.47 Å². The molecule has 0 aromatic heterocycles. The molecule has 7 nitrogen and oxygen atoms in total. The van der Waals surface area contributed by atoms with Crippen LogP contribution in [0.3, 0.4) is 0 Å². The zero-order chi connectivity index (χ0) is 15.1. The van der Waals surface area contributed by atoms with Gasteiger partial charge in [0, 0.05) is 11.8 Å². The maximum atomic E-state index is 5.86. The number of guanidine groups is 1. The molecule has 0 aliphatic carbocycles. The average Bonchev–Trinajstić information content (AvgIpc) is 2.53. The summed E-state index contributed by atoms with van der Waals surface area (Å²) in [5.41, 5.74) is 6.63. The molecule has 0 radical (unpaired) electrons. The van der Waals surface area contributed by atoms with Gasteiger partial charge in [-0.25, -0.2) is 0 Å². The van der Waals surface area contributed by atoms with Crippen LogP contribution in [0.2, 0.25) is 0 Å². The van der Waals surface area contributed by atoms with E-state index >= 15 is 0 Å². The van der Waals surface area contributed by atoms with E-state index in [9.17, 15) is 0 Å². The van der Waals surface area contributed by atoms with Gasteiger partial charge in [-0.2, -0.15) is 0 Å². The lowest BCUT2D eigenvalue weighted by atomic mass is 10.3. The highest BCUT2D eigenvalue weighted by atomic mass is 16.6. The molecule has 21 heavy (non-hydrogen) atoms. The fourth-order valence-electron chi connectivity index (χ4n) is 1.94. The summed E-state index contributed by atoms with van der Waals surface area (Å²) in [7, 11) is 3.17. The lowest BCUT2D eigenvalue weighted by Gasteiger charge is -2.21. The van der Waals surface area contributed by atoms with Gasteiger partial charge >= 0.3 is 0 Å². The van der Waals surface area contributed by atoms with Crippen molar-refractivity contribution < 1.29 is 18.9 Å². The van der Waals surface area contributed by atoms with E-state index in [0.717, 1.165) is 5.69 Å². The van der Waals surface area contributed by atoms with E-state index < -0.39 is 0 Å². The Labute approximate surface area is 124 Å². The molecule has 1 aromatic carbocycles. The van der Waals surface area contributed by atoms with E-state index in [1.807, 2.05) is 6.07 Å². The summed E-state index contributed by atoms with van der Waals surface area (Å²) in [5.74, 6) is 1.60. The summed E-state index contributed by atoms with van der Waals surface area (Å²) in [4.78, 5) is 4.25. The van der Waals surface area contributed by atoms with Crippen LogP contribution in [0.4, 0.5) is 5.69 Å². The van der Waals surface area contributed by atoms with Crippen LogP contribution in [0.25, 0.3) is 0 Å². The van der Waals surface area contributed by atoms with Gasteiger partial charge in [0.2, 0.25) is 0 Å². The highest BCUT2D eigenvalue weighted by Crippen LogP contribution is 2.29. The third-order valence-corrected chi connectivity index (χ3v) is 3.01. The smallest absolute Gasteiger partial charge is 0.193 e. The number of aliphatic imine (C=N–C) groups is 1. The summed E-state index contributed by atoms with van der Waals surface area (Å²) in [5, 5.41) is 3.00. The molecule has 0 spiro atoms. The minimum absolute atomic E-state index is 0.0375. The number of hydrogen-bond acceptors (Lipinski definition) is 5. The number of methoxy groups -OCH3 is 2. The first-order valence-corrected chi connectivity index (χ1v) is 6.71. The molecule has 0 amide bonds. The fourth-order valence-corrected chi connectivity index (χ4v) is 1.94. The molecule has 1 aliphatic heterocycles. The monoisotopic (exact) mass is 295 g/mol. The summed E-state index contributed by atoms with van der Waals surface area (Å²) in [6.07, 6.45) is -0.0375. The van der Waals surface area contributed by atoms with Crippen molar-refractivity contribution in [2.75, 3.05) is 45.9 Å². The molecule has 1 unspecified atom stereocenters. The molecule has 1 fully saturated rings. The Balaban J connectivity index is 1.93. The number of nitrogens with zero attached hydrogens (tertiary/aromatic N) is 1. The van der Waals surface area contributed by atoms with Crippen LogP contribution < -0.4 is 20.5 Å². The first-order valence-electron chi connectivity index (χ1n) is 6.71. The molecular formula is C14H21N3O4. The quantitative estimate of drug-likeness (QED) is 0.618. The highest BCUT2D eigenvalue weighted by Gasteiger charge is 2.13. The SMILES string of the molecule is COc1ccc(NC(N)=NCC2COCCO2)cc1OC. The van der Waals surface area contributed by atoms with Gasteiger partial charge in [-0.15, -0.1) is 0 Å². The number of ether oxygens (including phenoxy) is 4. The predicted molar refractivity (Wildman–Crippen MR) is 80.2 cm³/mol. The predicted octanol–water partition coefficient (Wildman–Crippen LogP) is 0.846. The number of nitrogens with one attached hydrogen (secondary N) is 1. The van der Waals surface area contributed by atoms with Crippen molar-refractivity contribution in [3.8, 4) is 11.5 Å². The first-order chi connectivity index (χ1) is 10.2. The lowest BCUT2D eigenvalue weighted by Crippen LogP contribution is -2.32. The van der Waals surface area contributed by atoms with Crippen LogP contribution in [0, 0.1) is 0 Å². The zero-order valence-corrected chi connectivity index (χ0v) is 12.3. The third kappa shape index (κ3) is 4.51. The van der Waals surface area contributed by atoms with Crippen molar-refractivity contribution in [1.82, 2.24) is 0 Å². The van der Waals surface area contributed by atoms with E-state index in [-0.39, 0.29) is 6.10 Å². The largest absolute Gasteiger partial charge is 0.493 e. The van der Waals surface area contributed by atoms with E-state index in [1.54, 1.807) is 26.4 Å². The normalized spacial score (nSPS) is 19.1. The topological polar surface area (TPSA) is 87.3 Å². The van der Waals surface area contributed by atoms with Gasteiger partial charge in [0.1, 0.15) is 6.10 Å². The molecule has 1 aliphatic rings. The molecule has 7 heteroatoms. The van der Waals surface area contributed by atoms with Gasteiger partial charge in [0.25, 0.3) is 0 Å². The number of benzene rings is 1. The number of hydrogen-bond donors (Lipinski definition) is 2. The molecule has 116 valence electrons. The van der Waals surface area contributed by atoms with E-state index in [1.165, 1.54) is 0 Å². The van der Waals surface area contributed by atoms with Gasteiger partial charge in [-0.3, -0.25) is 4.99 Å². The summed E-state index contributed by atoms with van der Waals surface area (Å²) in [6.45, 7) is 2.25. The Hall–Kier alpha value is -1.99. The van der Waals surface area contributed by atoms with Gasteiger partial charge in [-0.1, -0.05) is 0 Å². The number of rotatable bonds is 5. The van der Waals surface area contributed by atoms with Gasteiger partial charge in [0.05, 0.1) is 40.6 Å². The first kappa shape index (κ1) is 15.4. The molecule has 1 saturated heterocycles. The molecule has 1 atom stereocenters.